The van der Waals surface area contributed by atoms with E-state index in [1.165, 1.54) is 12.7 Å². The summed E-state index contributed by atoms with van der Waals surface area (Å²) < 4.78 is 10.3. The van der Waals surface area contributed by atoms with Crippen LogP contribution in [0.4, 0.5) is 0 Å². The molecule has 0 unspecified atom stereocenters. The van der Waals surface area contributed by atoms with Crippen molar-refractivity contribution in [2.75, 3.05) is 14.2 Å². The lowest BCUT2D eigenvalue weighted by molar-refractivity contribution is 0.0954. The molecule has 1 N–H and O–H groups in total. The van der Waals surface area contributed by atoms with Gasteiger partial charge in [0.1, 0.15) is 0 Å². The van der Waals surface area contributed by atoms with Crippen molar-refractivity contribution in [3.05, 3.63) is 35.4 Å². The highest BCUT2D eigenvalue weighted by molar-refractivity contribution is 5.95. The topological polar surface area (TPSA) is 59.9 Å². The predicted octanol–water partition coefficient (Wildman–Crippen LogP) is 4.19. The number of hydrazone groups is 1. The Bertz CT molecular complexity index is 590. The highest BCUT2D eigenvalue weighted by Crippen LogP contribution is 2.27. The van der Waals surface area contributed by atoms with Crippen molar-refractivity contribution in [1.82, 2.24) is 5.43 Å². The molecule has 0 heterocycles. The van der Waals surface area contributed by atoms with E-state index >= 15 is 0 Å². The Labute approximate surface area is 144 Å². The molecule has 1 aromatic carbocycles. The van der Waals surface area contributed by atoms with Crippen molar-refractivity contribution in [2.45, 2.75) is 40.0 Å². The second kappa shape index (κ2) is 10.5. The standard InChI is InChI=1S/C19H28N2O3/c1-14(2)7-6-8-15(3)11-12-20-21-19(22)16-9-10-17(23-4)18(13-16)24-5/h7,9-10,12-13,15H,6,8,11H2,1-5H3,(H,21,22)/b20-12-/t15-/m0/s1. The number of carbonyl (C=O) groups is 1. The molecule has 0 saturated carbocycles. The van der Waals surface area contributed by atoms with Gasteiger partial charge in [0.25, 0.3) is 5.91 Å². The zero-order valence-electron chi connectivity index (χ0n) is 15.3. The van der Waals surface area contributed by atoms with Crippen LogP contribution in [0.15, 0.2) is 34.9 Å². The summed E-state index contributed by atoms with van der Waals surface area (Å²) in [4.78, 5) is 12.1. The molecule has 1 amide bonds. The van der Waals surface area contributed by atoms with E-state index in [4.69, 9.17) is 9.47 Å². The fourth-order valence-corrected chi connectivity index (χ4v) is 2.15. The Hall–Kier alpha value is -2.30. The molecule has 0 spiro atoms. The van der Waals surface area contributed by atoms with Crippen LogP contribution in [-0.2, 0) is 0 Å². The largest absolute Gasteiger partial charge is 0.493 e. The van der Waals surface area contributed by atoms with Gasteiger partial charge in [-0.3, -0.25) is 4.79 Å². The molecule has 132 valence electrons. The molecule has 1 aromatic rings. The van der Waals surface area contributed by atoms with E-state index in [0.717, 1.165) is 19.3 Å². The number of nitrogens with one attached hydrogen (secondary N) is 1. The Kier molecular flexibility index (Phi) is 8.61. The molecule has 1 atom stereocenters. The highest BCUT2D eigenvalue weighted by atomic mass is 16.5. The molecule has 0 radical (unpaired) electrons. The van der Waals surface area contributed by atoms with Gasteiger partial charge >= 0.3 is 0 Å². The van der Waals surface area contributed by atoms with Crippen LogP contribution < -0.4 is 14.9 Å². The quantitative estimate of drug-likeness (QED) is 0.419. The Morgan fingerprint density at radius 1 is 1.25 bits per heavy atom. The number of nitrogens with zero attached hydrogens (tertiary/aromatic N) is 1. The average molecular weight is 332 g/mol. The third-order valence-corrected chi connectivity index (χ3v) is 3.62. The Balaban J connectivity index is 2.46. The molecule has 24 heavy (non-hydrogen) atoms. The van der Waals surface area contributed by atoms with Crippen molar-refractivity contribution in [3.8, 4) is 11.5 Å². The van der Waals surface area contributed by atoms with E-state index in [2.05, 4.69) is 37.4 Å². The molecule has 0 aliphatic rings. The molecule has 0 aliphatic carbocycles. The summed E-state index contributed by atoms with van der Waals surface area (Å²) in [6.07, 6.45) is 7.03. The number of benzene rings is 1. The first kappa shape index (κ1) is 19.7. The third-order valence-electron chi connectivity index (χ3n) is 3.62. The number of rotatable bonds is 9. The van der Waals surface area contributed by atoms with Gasteiger partial charge in [0.05, 0.1) is 14.2 Å². The molecule has 5 nitrogen and oxygen atoms in total. The van der Waals surface area contributed by atoms with Crippen molar-refractivity contribution < 1.29 is 14.3 Å². The van der Waals surface area contributed by atoms with Crippen molar-refractivity contribution in [1.29, 1.82) is 0 Å². The van der Waals surface area contributed by atoms with E-state index in [-0.39, 0.29) is 5.91 Å². The van der Waals surface area contributed by atoms with Crippen molar-refractivity contribution in [3.63, 3.8) is 0 Å². The zero-order chi connectivity index (χ0) is 17.9. The number of methoxy groups -OCH3 is 2. The third kappa shape index (κ3) is 6.86. The van der Waals surface area contributed by atoms with Crippen LogP contribution in [0.25, 0.3) is 0 Å². The minimum Gasteiger partial charge on any atom is -0.493 e. The lowest BCUT2D eigenvalue weighted by atomic mass is 10.0. The number of carbonyl (C=O) groups excluding carboxylic acids is 1. The fourth-order valence-electron chi connectivity index (χ4n) is 2.15. The van der Waals surface area contributed by atoms with Crippen LogP contribution >= 0.6 is 0 Å². The number of hydrogen-bond acceptors (Lipinski definition) is 4. The first-order valence-corrected chi connectivity index (χ1v) is 8.15. The summed E-state index contributed by atoms with van der Waals surface area (Å²) in [5.41, 5.74) is 4.36. The normalized spacial score (nSPS) is 11.9. The van der Waals surface area contributed by atoms with Gasteiger partial charge in [-0.2, -0.15) is 5.10 Å². The predicted molar refractivity (Wildman–Crippen MR) is 98.0 cm³/mol. The Morgan fingerprint density at radius 3 is 2.58 bits per heavy atom. The Morgan fingerprint density at radius 2 is 1.96 bits per heavy atom. The lowest BCUT2D eigenvalue weighted by Crippen LogP contribution is -2.17. The van der Waals surface area contributed by atoms with Gasteiger partial charge in [-0.25, -0.2) is 5.43 Å². The van der Waals surface area contributed by atoms with Crippen LogP contribution in [-0.4, -0.2) is 26.3 Å². The van der Waals surface area contributed by atoms with Crippen LogP contribution in [0, 0.1) is 5.92 Å². The first-order chi connectivity index (χ1) is 11.5. The molecule has 0 aliphatic heterocycles. The minimum absolute atomic E-state index is 0.274. The van der Waals surface area contributed by atoms with E-state index in [1.54, 1.807) is 31.5 Å². The summed E-state index contributed by atoms with van der Waals surface area (Å²) >= 11 is 0. The van der Waals surface area contributed by atoms with E-state index in [1.807, 2.05) is 0 Å². The van der Waals surface area contributed by atoms with Gasteiger partial charge in [0, 0.05) is 11.8 Å². The van der Waals surface area contributed by atoms with Crippen LogP contribution in [0.3, 0.4) is 0 Å². The van der Waals surface area contributed by atoms with E-state index in [0.29, 0.717) is 23.0 Å². The van der Waals surface area contributed by atoms with Crippen molar-refractivity contribution >= 4 is 12.1 Å². The molecule has 0 bridgehead atoms. The summed E-state index contributed by atoms with van der Waals surface area (Å²) in [5.74, 6) is 1.36. The molecule has 0 fully saturated rings. The molecular weight excluding hydrogens is 304 g/mol. The van der Waals surface area contributed by atoms with Gasteiger partial charge in [-0.1, -0.05) is 18.6 Å². The van der Waals surface area contributed by atoms with Gasteiger partial charge < -0.3 is 9.47 Å². The summed E-state index contributed by atoms with van der Waals surface area (Å²) in [5, 5.41) is 4.02. The fraction of sp³-hybridized carbons (Fsp3) is 0.474. The second-order valence-electron chi connectivity index (χ2n) is 6.02. The second-order valence-corrected chi connectivity index (χ2v) is 6.02. The lowest BCUT2D eigenvalue weighted by Gasteiger charge is -2.09. The molecule has 5 heteroatoms. The molecule has 0 aromatic heterocycles. The maximum absolute atomic E-state index is 12.1. The number of allylic oxidation sites excluding steroid dienone is 2. The maximum Gasteiger partial charge on any atom is 0.271 e. The number of amides is 1. The SMILES string of the molecule is COc1ccc(C(=O)N/N=C\C[C@@H](C)CCC=C(C)C)cc1OC. The average Bonchev–Trinajstić information content (AvgIpc) is 2.57. The van der Waals surface area contributed by atoms with E-state index in [9.17, 15) is 4.79 Å². The van der Waals surface area contributed by atoms with Crippen molar-refractivity contribution in [2.24, 2.45) is 11.0 Å². The zero-order valence-corrected chi connectivity index (χ0v) is 15.3. The summed E-state index contributed by atoms with van der Waals surface area (Å²) in [7, 11) is 3.09. The minimum atomic E-state index is -0.274. The number of ether oxygens (including phenoxy) is 2. The smallest absolute Gasteiger partial charge is 0.271 e. The monoisotopic (exact) mass is 332 g/mol. The van der Waals surface area contributed by atoms with Gasteiger partial charge in [0.2, 0.25) is 0 Å². The van der Waals surface area contributed by atoms with Gasteiger partial charge in [0.15, 0.2) is 11.5 Å². The number of hydrogen-bond donors (Lipinski definition) is 1. The van der Waals surface area contributed by atoms with Crippen LogP contribution in [0.2, 0.25) is 0 Å². The van der Waals surface area contributed by atoms with Gasteiger partial charge in [-0.05, 0) is 57.2 Å². The van der Waals surface area contributed by atoms with Gasteiger partial charge in [-0.15, -0.1) is 0 Å². The van der Waals surface area contributed by atoms with E-state index < -0.39 is 0 Å². The van der Waals surface area contributed by atoms with Crippen LogP contribution in [0.1, 0.15) is 50.4 Å². The molecular formula is C19H28N2O3. The summed E-state index contributed by atoms with van der Waals surface area (Å²) in [6.45, 7) is 6.40. The first-order valence-electron chi connectivity index (χ1n) is 8.15. The maximum atomic E-state index is 12.1. The summed E-state index contributed by atoms with van der Waals surface area (Å²) in [6, 6.07) is 5.00. The highest BCUT2D eigenvalue weighted by Gasteiger charge is 2.09. The van der Waals surface area contributed by atoms with Crippen LogP contribution in [0.5, 0.6) is 11.5 Å². The molecule has 1 rings (SSSR count). The molecule has 0 saturated heterocycles.